The van der Waals surface area contributed by atoms with Crippen LogP contribution in [0.3, 0.4) is 0 Å². The number of likely N-dealkylation sites (N-methyl/N-ethyl adjacent to an activating group) is 2. The smallest absolute Gasteiger partial charge is 0.0240 e. The van der Waals surface area contributed by atoms with Crippen molar-refractivity contribution in [1.29, 1.82) is 0 Å². The van der Waals surface area contributed by atoms with E-state index in [1.54, 1.807) is 0 Å². The Morgan fingerprint density at radius 1 is 1.00 bits per heavy atom. The Balaban J connectivity index is 4.24. The Labute approximate surface area is 83.9 Å². The maximum atomic E-state index is 2.52. The summed E-state index contributed by atoms with van der Waals surface area (Å²) in [6.45, 7) is 11.4. The molecular weight excluding hydrogens is 160 g/mol. The molecule has 0 bridgehead atoms. The molecule has 0 aliphatic rings. The summed E-state index contributed by atoms with van der Waals surface area (Å²) in [5.41, 5.74) is 0. The highest BCUT2D eigenvalue weighted by Crippen LogP contribution is 2.11. The summed E-state index contributed by atoms with van der Waals surface area (Å²) >= 11 is 0. The van der Waals surface area contributed by atoms with Crippen LogP contribution in [0.15, 0.2) is 0 Å². The van der Waals surface area contributed by atoms with Crippen LogP contribution in [-0.4, -0.2) is 49.1 Å². The SMILES string of the molecule is CCC(C(C)N(CC)CC)N(C)C. The van der Waals surface area contributed by atoms with E-state index in [9.17, 15) is 0 Å². The van der Waals surface area contributed by atoms with Crippen molar-refractivity contribution in [2.45, 2.75) is 46.2 Å². The van der Waals surface area contributed by atoms with E-state index in [-0.39, 0.29) is 0 Å². The first-order valence-electron chi connectivity index (χ1n) is 5.48. The molecular formula is C11H26N2. The van der Waals surface area contributed by atoms with Gasteiger partial charge in [-0.05, 0) is 40.5 Å². The zero-order valence-electron chi connectivity index (χ0n) is 10.2. The van der Waals surface area contributed by atoms with Gasteiger partial charge in [0.2, 0.25) is 0 Å². The Hall–Kier alpha value is -0.0800. The van der Waals surface area contributed by atoms with Gasteiger partial charge in [-0.3, -0.25) is 4.90 Å². The summed E-state index contributed by atoms with van der Waals surface area (Å²) in [5, 5.41) is 0. The van der Waals surface area contributed by atoms with Gasteiger partial charge in [0.05, 0.1) is 0 Å². The zero-order chi connectivity index (χ0) is 10.4. The van der Waals surface area contributed by atoms with Crippen molar-refractivity contribution < 1.29 is 0 Å². The number of hydrogen-bond acceptors (Lipinski definition) is 2. The number of rotatable bonds is 6. The Bertz CT molecular complexity index is 119. The fourth-order valence-corrected chi connectivity index (χ4v) is 2.18. The van der Waals surface area contributed by atoms with E-state index < -0.39 is 0 Å². The van der Waals surface area contributed by atoms with Crippen LogP contribution in [0.25, 0.3) is 0 Å². The molecule has 2 unspecified atom stereocenters. The molecule has 0 amide bonds. The summed E-state index contributed by atoms with van der Waals surface area (Å²) in [5.74, 6) is 0. The molecule has 0 N–H and O–H groups in total. The molecule has 0 aromatic heterocycles. The minimum atomic E-state index is 0.662. The molecule has 2 heteroatoms. The molecule has 0 aromatic carbocycles. The van der Waals surface area contributed by atoms with Gasteiger partial charge in [-0.25, -0.2) is 0 Å². The maximum Gasteiger partial charge on any atom is 0.0240 e. The van der Waals surface area contributed by atoms with Crippen LogP contribution >= 0.6 is 0 Å². The molecule has 0 aliphatic heterocycles. The fraction of sp³-hybridized carbons (Fsp3) is 1.00. The van der Waals surface area contributed by atoms with Gasteiger partial charge in [0, 0.05) is 12.1 Å². The molecule has 0 aliphatic carbocycles. The Kier molecular flexibility index (Phi) is 6.35. The predicted molar refractivity (Wildman–Crippen MR) is 60.1 cm³/mol. The van der Waals surface area contributed by atoms with E-state index >= 15 is 0 Å². The molecule has 0 spiro atoms. The quantitative estimate of drug-likeness (QED) is 0.626. The van der Waals surface area contributed by atoms with Crippen molar-refractivity contribution in [3.05, 3.63) is 0 Å². The summed E-state index contributed by atoms with van der Waals surface area (Å²) in [4.78, 5) is 4.86. The van der Waals surface area contributed by atoms with E-state index in [1.807, 2.05) is 0 Å². The largest absolute Gasteiger partial charge is 0.305 e. The van der Waals surface area contributed by atoms with Crippen LogP contribution in [0.2, 0.25) is 0 Å². The van der Waals surface area contributed by atoms with Gasteiger partial charge in [0.1, 0.15) is 0 Å². The Morgan fingerprint density at radius 3 is 1.69 bits per heavy atom. The van der Waals surface area contributed by atoms with Crippen molar-refractivity contribution in [1.82, 2.24) is 9.80 Å². The lowest BCUT2D eigenvalue weighted by Crippen LogP contribution is -2.47. The van der Waals surface area contributed by atoms with E-state index in [0.717, 1.165) is 13.1 Å². The lowest BCUT2D eigenvalue weighted by Gasteiger charge is -2.36. The van der Waals surface area contributed by atoms with Crippen molar-refractivity contribution in [2.75, 3.05) is 27.2 Å². The van der Waals surface area contributed by atoms with Crippen LogP contribution in [-0.2, 0) is 0 Å². The monoisotopic (exact) mass is 186 g/mol. The van der Waals surface area contributed by atoms with Gasteiger partial charge in [0.25, 0.3) is 0 Å². The first-order chi connectivity index (χ1) is 6.08. The predicted octanol–water partition coefficient (Wildman–Crippen LogP) is 2.06. The molecule has 0 heterocycles. The van der Waals surface area contributed by atoms with Crippen molar-refractivity contribution in [3.63, 3.8) is 0 Å². The summed E-state index contributed by atoms with van der Waals surface area (Å²) in [7, 11) is 4.35. The van der Waals surface area contributed by atoms with Gasteiger partial charge in [-0.15, -0.1) is 0 Å². The first kappa shape index (κ1) is 12.9. The van der Waals surface area contributed by atoms with Crippen LogP contribution in [0.1, 0.15) is 34.1 Å². The van der Waals surface area contributed by atoms with E-state index in [0.29, 0.717) is 12.1 Å². The number of hydrogen-bond donors (Lipinski definition) is 0. The third-order valence-electron chi connectivity index (χ3n) is 3.03. The second-order valence-corrected chi connectivity index (χ2v) is 3.90. The average Bonchev–Trinajstić information content (AvgIpc) is 2.07. The third-order valence-corrected chi connectivity index (χ3v) is 3.03. The molecule has 0 saturated heterocycles. The van der Waals surface area contributed by atoms with Gasteiger partial charge < -0.3 is 4.90 Å². The standard InChI is InChI=1S/C11H26N2/c1-7-11(12(5)6)10(4)13(8-2)9-3/h10-11H,7-9H2,1-6H3. The molecule has 80 valence electrons. The van der Waals surface area contributed by atoms with E-state index in [1.165, 1.54) is 6.42 Å². The minimum absolute atomic E-state index is 0.662. The second kappa shape index (κ2) is 6.39. The number of nitrogens with zero attached hydrogens (tertiary/aromatic N) is 2. The maximum absolute atomic E-state index is 2.52. The highest BCUT2D eigenvalue weighted by molar-refractivity contribution is 4.78. The molecule has 0 saturated carbocycles. The molecule has 0 rings (SSSR count). The van der Waals surface area contributed by atoms with Crippen LogP contribution in [0.4, 0.5) is 0 Å². The molecule has 0 aromatic rings. The first-order valence-corrected chi connectivity index (χ1v) is 5.48. The highest BCUT2D eigenvalue weighted by Gasteiger charge is 2.21. The van der Waals surface area contributed by atoms with E-state index in [2.05, 4.69) is 51.6 Å². The van der Waals surface area contributed by atoms with Gasteiger partial charge in [0.15, 0.2) is 0 Å². The molecule has 2 atom stereocenters. The minimum Gasteiger partial charge on any atom is -0.305 e. The summed E-state index contributed by atoms with van der Waals surface area (Å²) < 4.78 is 0. The highest BCUT2D eigenvalue weighted by atomic mass is 15.2. The lowest BCUT2D eigenvalue weighted by molar-refractivity contribution is 0.125. The van der Waals surface area contributed by atoms with Crippen LogP contribution in [0.5, 0.6) is 0 Å². The van der Waals surface area contributed by atoms with Gasteiger partial charge in [-0.1, -0.05) is 20.8 Å². The normalized spacial score (nSPS) is 16.6. The summed E-state index contributed by atoms with van der Waals surface area (Å²) in [6.07, 6.45) is 1.23. The van der Waals surface area contributed by atoms with Crippen LogP contribution < -0.4 is 0 Å². The van der Waals surface area contributed by atoms with E-state index in [4.69, 9.17) is 0 Å². The van der Waals surface area contributed by atoms with Crippen LogP contribution in [0, 0.1) is 0 Å². The molecule has 0 fully saturated rings. The van der Waals surface area contributed by atoms with Crippen molar-refractivity contribution >= 4 is 0 Å². The second-order valence-electron chi connectivity index (χ2n) is 3.90. The van der Waals surface area contributed by atoms with Gasteiger partial charge in [-0.2, -0.15) is 0 Å². The topological polar surface area (TPSA) is 6.48 Å². The molecule has 0 radical (unpaired) electrons. The van der Waals surface area contributed by atoms with Crippen molar-refractivity contribution in [3.8, 4) is 0 Å². The Morgan fingerprint density at radius 2 is 1.46 bits per heavy atom. The zero-order valence-corrected chi connectivity index (χ0v) is 10.2. The summed E-state index contributed by atoms with van der Waals surface area (Å²) in [6, 6.07) is 1.34. The molecule has 2 nitrogen and oxygen atoms in total. The average molecular weight is 186 g/mol. The fourth-order valence-electron chi connectivity index (χ4n) is 2.18. The van der Waals surface area contributed by atoms with Gasteiger partial charge >= 0.3 is 0 Å². The third kappa shape index (κ3) is 3.65. The van der Waals surface area contributed by atoms with Crippen molar-refractivity contribution in [2.24, 2.45) is 0 Å². The molecule has 13 heavy (non-hydrogen) atoms. The lowest BCUT2D eigenvalue weighted by atomic mass is 10.0.